The zero-order chi connectivity index (χ0) is 42.0. The molecule has 0 aliphatic heterocycles. The molecule has 1 unspecified atom stereocenters. The first kappa shape index (κ1) is 55.8. The Bertz CT molecular complexity index is 967. The number of hydrogen-bond acceptors (Lipinski definition) is 7. The quantitative estimate of drug-likeness (QED) is 0.0151. The van der Waals surface area contributed by atoms with Crippen molar-refractivity contribution in [3.63, 3.8) is 0 Å². The average Bonchev–Trinajstić information content (AvgIpc) is 3.16. The number of likely N-dealkylation sites (N-methyl/N-ethyl adjacent to an activating group) is 1. The molecule has 0 saturated carbocycles. The second kappa shape index (κ2) is 41.5. The molecule has 0 fully saturated rings. The molecule has 8 nitrogen and oxygen atoms in total. The molecule has 0 bridgehead atoms. The summed E-state index contributed by atoms with van der Waals surface area (Å²) in [7, 11) is 1.33. The van der Waals surface area contributed by atoms with Crippen molar-refractivity contribution in [2.75, 3.05) is 47.5 Å². The summed E-state index contributed by atoms with van der Waals surface area (Å²) in [5, 5.41) is 0. The van der Waals surface area contributed by atoms with Gasteiger partial charge in [-0.25, -0.2) is 0 Å². The van der Waals surface area contributed by atoms with E-state index in [0.717, 1.165) is 32.1 Å². The van der Waals surface area contributed by atoms with Crippen molar-refractivity contribution in [2.24, 2.45) is 0 Å². The fourth-order valence-electron chi connectivity index (χ4n) is 6.80. The number of rotatable bonds is 45. The third-order valence-electron chi connectivity index (χ3n) is 10.6. The first-order chi connectivity index (χ1) is 27.6. The van der Waals surface area contributed by atoms with E-state index in [1.54, 1.807) is 6.26 Å². The molecule has 0 rings (SSSR count). The van der Waals surface area contributed by atoms with E-state index in [0.29, 0.717) is 17.4 Å². The maximum absolute atomic E-state index is 12.7. The van der Waals surface area contributed by atoms with E-state index in [-0.39, 0.29) is 25.8 Å². The van der Waals surface area contributed by atoms with E-state index in [4.69, 9.17) is 18.5 Å². The van der Waals surface area contributed by atoms with Crippen LogP contribution in [0.1, 0.15) is 226 Å². The normalized spacial score (nSPS) is 13.8. The van der Waals surface area contributed by atoms with Gasteiger partial charge in [0, 0.05) is 6.42 Å². The smallest absolute Gasteiger partial charge is 0.306 e. The van der Waals surface area contributed by atoms with Crippen LogP contribution in [0.3, 0.4) is 0 Å². The van der Waals surface area contributed by atoms with Gasteiger partial charge in [-0.3, -0.25) is 9.36 Å². The molecular weight excluding hydrogens is 734 g/mol. The Morgan fingerprint density at radius 2 is 0.930 bits per heavy atom. The maximum atomic E-state index is 12.7. The average molecular weight is 828 g/mol. The van der Waals surface area contributed by atoms with Gasteiger partial charge in [0.25, 0.3) is 7.82 Å². The third kappa shape index (κ3) is 45.7. The molecule has 0 aromatic heterocycles. The zero-order valence-corrected chi connectivity index (χ0v) is 39.2. The van der Waals surface area contributed by atoms with Gasteiger partial charge in [-0.2, -0.15) is 0 Å². The lowest BCUT2D eigenvalue weighted by molar-refractivity contribution is -0.870. The second-order valence-electron chi connectivity index (χ2n) is 17.5. The van der Waals surface area contributed by atoms with E-state index in [1.807, 2.05) is 27.2 Å². The number of allylic oxidation sites excluding steroid dienone is 3. The van der Waals surface area contributed by atoms with Crippen LogP contribution in [-0.2, 0) is 27.9 Å². The molecule has 0 N–H and O–H groups in total. The van der Waals surface area contributed by atoms with Gasteiger partial charge >= 0.3 is 5.97 Å². The van der Waals surface area contributed by atoms with Gasteiger partial charge in [-0.1, -0.05) is 187 Å². The first-order valence-corrected chi connectivity index (χ1v) is 25.6. The molecule has 0 spiro atoms. The molecule has 0 aromatic rings. The van der Waals surface area contributed by atoms with Crippen LogP contribution in [0.25, 0.3) is 0 Å². The number of unbranched alkanes of at least 4 members (excludes halogenated alkanes) is 29. The summed E-state index contributed by atoms with van der Waals surface area (Å²) in [4.78, 5) is 25.1. The summed E-state index contributed by atoms with van der Waals surface area (Å²) in [6.45, 7) is 4.76. The summed E-state index contributed by atoms with van der Waals surface area (Å²) < 4.78 is 34.4. The molecule has 0 radical (unpaired) electrons. The lowest BCUT2D eigenvalue weighted by Gasteiger charge is -2.28. The Labute approximate surface area is 353 Å². The predicted octanol–water partition coefficient (Wildman–Crippen LogP) is 14.1. The lowest BCUT2D eigenvalue weighted by Crippen LogP contribution is -2.37. The van der Waals surface area contributed by atoms with Crippen molar-refractivity contribution in [3.8, 4) is 0 Å². The number of quaternary nitrogens is 1. The number of carbonyl (C=O) groups is 1. The first-order valence-electron chi connectivity index (χ1n) is 24.1. The minimum absolute atomic E-state index is 0.0175. The fraction of sp³-hybridized carbons (Fsp3) is 0.896. The highest BCUT2D eigenvalue weighted by Gasteiger charge is 2.20. The number of phosphoric acid groups is 1. The minimum Gasteiger partial charge on any atom is -0.756 e. The largest absolute Gasteiger partial charge is 0.756 e. The predicted molar refractivity (Wildman–Crippen MR) is 240 cm³/mol. The highest BCUT2D eigenvalue weighted by Crippen LogP contribution is 2.38. The van der Waals surface area contributed by atoms with Crippen LogP contribution in [0.2, 0.25) is 0 Å². The van der Waals surface area contributed by atoms with Gasteiger partial charge < -0.3 is 27.9 Å². The zero-order valence-electron chi connectivity index (χ0n) is 38.3. The molecule has 0 amide bonds. The number of phosphoric ester groups is 1. The standard InChI is InChI=1S/C48H94NO7P/c1-6-8-10-12-14-16-18-20-22-24-26-28-30-32-34-36-38-40-43-53-45-47(46-55-57(51,52)54-44-42-49(3,4)5)56-48(50)41-39-37-35-33-31-29-27-25-23-21-19-17-15-13-11-9-7-2/h21,23,40,43,47H,6-20,22,24-39,41-42,44-46H2,1-5H3/b23-21-,43-40-/t47-/m1/s1. The number of esters is 1. The molecule has 9 heteroatoms. The molecular formula is C48H94NO7P. The van der Waals surface area contributed by atoms with E-state index in [2.05, 4.69) is 26.0 Å². The molecule has 0 aliphatic carbocycles. The SMILES string of the molecule is CCCCCCCC/C=C\CCCCCCCCCC(=O)O[C@H](CO/C=C\CCCCCCCCCCCCCCCCCC)COP(=O)([O-])OCC[N+](C)(C)C. The van der Waals surface area contributed by atoms with Gasteiger partial charge in [-0.05, 0) is 51.0 Å². The van der Waals surface area contributed by atoms with Crippen molar-refractivity contribution in [2.45, 2.75) is 232 Å². The summed E-state index contributed by atoms with van der Waals surface area (Å²) in [5.74, 6) is -0.358. The fourth-order valence-corrected chi connectivity index (χ4v) is 7.53. The molecule has 0 saturated heterocycles. The van der Waals surface area contributed by atoms with Gasteiger partial charge in [0.15, 0.2) is 6.10 Å². The van der Waals surface area contributed by atoms with Gasteiger partial charge in [-0.15, -0.1) is 0 Å². The highest BCUT2D eigenvalue weighted by molar-refractivity contribution is 7.45. The summed E-state index contributed by atoms with van der Waals surface area (Å²) in [6, 6.07) is 0. The van der Waals surface area contributed by atoms with Crippen molar-refractivity contribution in [1.82, 2.24) is 0 Å². The Morgan fingerprint density at radius 3 is 1.35 bits per heavy atom. The van der Waals surface area contributed by atoms with Crippen LogP contribution < -0.4 is 4.89 Å². The molecule has 0 aromatic carbocycles. The van der Waals surface area contributed by atoms with E-state index < -0.39 is 13.9 Å². The van der Waals surface area contributed by atoms with Crippen molar-refractivity contribution in [3.05, 3.63) is 24.5 Å². The van der Waals surface area contributed by atoms with Crippen LogP contribution in [0.4, 0.5) is 0 Å². The minimum atomic E-state index is -4.54. The van der Waals surface area contributed by atoms with Gasteiger partial charge in [0.2, 0.25) is 0 Å². The van der Waals surface area contributed by atoms with Crippen molar-refractivity contribution in [1.29, 1.82) is 0 Å². The van der Waals surface area contributed by atoms with Crippen LogP contribution in [0, 0.1) is 0 Å². The molecule has 338 valence electrons. The molecule has 0 aliphatic rings. The molecule has 2 atom stereocenters. The topological polar surface area (TPSA) is 94.1 Å². The van der Waals surface area contributed by atoms with E-state index >= 15 is 0 Å². The van der Waals surface area contributed by atoms with Crippen LogP contribution in [-0.4, -0.2) is 64.1 Å². The Kier molecular flexibility index (Phi) is 40.7. The lowest BCUT2D eigenvalue weighted by atomic mass is 10.0. The van der Waals surface area contributed by atoms with E-state index in [1.165, 1.54) is 173 Å². The highest BCUT2D eigenvalue weighted by atomic mass is 31.2. The number of carbonyl (C=O) groups excluding carboxylic acids is 1. The summed E-state index contributed by atoms with van der Waals surface area (Å²) in [6.07, 6.45) is 48.6. The summed E-state index contributed by atoms with van der Waals surface area (Å²) in [5.41, 5.74) is 0. The second-order valence-corrected chi connectivity index (χ2v) is 19.0. The number of nitrogens with zero attached hydrogens (tertiary/aromatic N) is 1. The monoisotopic (exact) mass is 828 g/mol. The van der Waals surface area contributed by atoms with Crippen molar-refractivity contribution < 1.29 is 37.3 Å². The number of hydrogen-bond donors (Lipinski definition) is 0. The van der Waals surface area contributed by atoms with Gasteiger partial charge in [0.1, 0.15) is 19.8 Å². The molecule has 0 heterocycles. The Balaban J connectivity index is 4.22. The van der Waals surface area contributed by atoms with Crippen molar-refractivity contribution >= 4 is 13.8 Å². The van der Waals surface area contributed by atoms with Crippen LogP contribution in [0.15, 0.2) is 24.5 Å². The maximum Gasteiger partial charge on any atom is 0.306 e. The van der Waals surface area contributed by atoms with Crippen LogP contribution in [0.5, 0.6) is 0 Å². The third-order valence-corrected chi connectivity index (χ3v) is 11.5. The molecule has 57 heavy (non-hydrogen) atoms. The summed E-state index contributed by atoms with van der Waals surface area (Å²) >= 11 is 0. The van der Waals surface area contributed by atoms with Crippen LogP contribution >= 0.6 is 7.82 Å². The Hall–Kier alpha value is -1.18. The number of ether oxygens (including phenoxy) is 2. The Morgan fingerprint density at radius 1 is 0.544 bits per heavy atom. The van der Waals surface area contributed by atoms with Gasteiger partial charge in [0.05, 0.1) is 34.0 Å². The van der Waals surface area contributed by atoms with E-state index in [9.17, 15) is 14.3 Å².